The van der Waals surface area contributed by atoms with Crippen LogP contribution in [0.2, 0.25) is 0 Å². The number of halogens is 1. The van der Waals surface area contributed by atoms with Crippen LogP contribution in [0.3, 0.4) is 0 Å². The van der Waals surface area contributed by atoms with Gasteiger partial charge in [0.15, 0.2) is 11.9 Å². The zero-order valence-electron chi connectivity index (χ0n) is 12.7. The molecule has 122 valence electrons. The Bertz CT molecular complexity index is 856. The number of carbonyl (C=O) groups excluding carboxylic acids is 1. The third-order valence-corrected chi connectivity index (χ3v) is 3.94. The lowest BCUT2D eigenvalue weighted by atomic mass is 10.1. The van der Waals surface area contributed by atoms with Crippen LogP contribution in [0.4, 0.5) is 0 Å². The number of fused-ring (bicyclic) bond motifs is 1. The lowest BCUT2D eigenvalue weighted by Crippen LogP contribution is -2.22. The maximum absolute atomic E-state index is 12.4. The summed E-state index contributed by atoms with van der Waals surface area (Å²) < 4.78 is 11.8. The Morgan fingerprint density at radius 3 is 2.79 bits per heavy atom. The third-order valence-electron chi connectivity index (χ3n) is 3.45. The molecule has 24 heavy (non-hydrogen) atoms. The van der Waals surface area contributed by atoms with Gasteiger partial charge in [0.2, 0.25) is 5.78 Å². The van der Waals surface area contributed by atoms with Crippen molar-refractivity contribution in [3.05, 3.63) is 63.8 Å². The molecule has 3 rings (SSSR count). The van der Waals surface area contributed by atoms with Crippen LogP contribution < -0.4 is 9.47 Å². The molecule has 5 nitrogen and oxygen atoms in total. The molecule has 1 aliphatic rings. The first-order valence-electron chi connectivity index (χ1n) is 7.17. The SMILES string of the molecule is C[C@@H](Oc1ccc2c(c1)O/C(=C\c1cccc(Br)c1)C2=O)C(=O)O. The highest BCUT2D eigenvalue weighted by Crippen LogP contribution is 2.35. The summed E-state index contributed by atoms with van der Waals surface area (Å²) in [5.41, 5.74) is 1.25. The van der Waals surface area contributed by atoms with Gasteiger partial charge in [-0.25, -0.2) is 4.79 Å². The summed E-state index contributed by atoms with van der Waals surface area (Å²) in [4.78, 5) is 23.2. The minimum Gasteiger partial charge on any atom is -0.479 e. The molecule has 0 radical (unpaired) electrons. The second-order valence-corrected chi connectivity index (χ2v) is 6.17. The third kappa shape index (κ3) is 3.33. The minimum absolute atomic E-state index is 0.214. The fraction of sp³-hybridized carbons (Fsp3) is 0.111. The van der Waals surface area contributed by atoms with Crippen molar-refractivity contribution in [2.24, 2.45) is 0 Å². The number of benzene rings is 2. The molecule has 0 spiro atoms. The van der Waals surface area contributed by atoms with Gasteiger partial charge in [0, 0.05) is 10.5 Å². The number of Topliss-reactive ketones (excluding diaryl/α,β-unsaturated/α-hetero) is 1. The highest BCUT2D eigenvalue weighted by molar-refractivity contribution is 9.10. The molecule has 1 N–H and O–H groups in total. The van der Waals surface area contributed by atoms with Gasteiger partial charge in [0.05, 0.1) is 5.56 Å². The Kier molecular flexibility index (Phi) is 4.40. The van der Waals surface area contributed by atoms with E-state index >= 15 is 0 Å². The maximum atomic E-state index is 12.4. The highest BCUT2D eigenvalue weighted by Gasteiger charge is 2.28. The van der Waals surface area contributed by atoms with Gasteiger partial charge >= 0.3 is 5.97 Å². The molecule has 0 saturated carbocycles. The van der Waals surface area contributed by atoms with Crippen LogP contribution in [0.1, 0.15) is 22.8 Å². The number of carbonyl (C=O) groups is 2. The van der Waals surface area contributed by atoms with E-state index < -0.39 is 12.1 Å². The molecule has 0 fully saturated rings. The summed E-state index contributed by atoms with van der Waals surface area (Å²) in [5, 5.41) is 8.88. The number of carboxylic acid groups (broad SMARTS) is 1. The monoisotopic (exact) mass is 388 g/mol. The van der Waals surface area contributed by atoms with Crippen LogP contribution in [-0.2, 0) is 4.79 Å². The Labute approximate surface area is 146 Å². The normalized spacial score (nSPS) is 15.8. The zero-order chi connectivity index (χ0) is 17.3. The van der Waals surface area contributed by atoms with Crippen LogP contribution in [-0.4, -0.2) is 23.0 Å². The van der Waals surface area contributed by atoms with Gasteiger partial charge in [0.1, 0.15) is 11.5 Å². The second-order valence-electron chi connectivity index (χ2n) is 5.25. The number of hydrogen-bond donors (Lipinski definition) is 1. The fourth-order valence-electron chi connectivity index (χ4n) is 2.24. The van der Waals surface area contributed by atoms with Crippen molar-refractivity contribution in [2.75, 3.05) is 0 Å². The lowest BCUT2D eigenvalue weighted by Gasteiger charge is -2.10. The number of ether oxygens (including phenoxy) is 2. The molecule has 0 amide bonds. The molecule has 6 heteroatoms. The van der Waals surface area contributed by atoms with Crippen molar-refractivity contribution >= 4 is 33.8 Å². The van der Waals surface area contributed by atoms with Crippen LogP contribution in [0, 0.1) is 0 Å². The average Bonchev–Trinajstić information content (AvgIpc) is 2.83. The van der Waals surface area contributed by atoms with Crippen LogP contribution in [0.25, 0.3) is 6.08 Å². The van der Waals surface area contributed by atoms with Gasteiger partial charge < -0.3 is 14.6 Å². The van der Waals surface area contributed by atoms with E-state index in [9.17, 15) is 9.59 Å². The first kappa shape index (κ1) is 16.3. The summed E-state index contributed by atoms with van der Waals surface area (Å²) in [6.45, 7) is 1.43. The van der Waals surface area contributed by atoms with Crippen LogP contribution >= 0.6 is 15.9 Å². The standard InChI is InChI=1S/C18H13BrO5/c1-10(18(21)22)23-13-5-6-14-15(9-13)24-16(17(14)20)8-11-3-2-4-12(19)7-11/h2-10H,1H3,(H,21,22)/b16-8-/t10-/m1/s1. The predicted octanol–water partition coefficient (Wildman–Crippen LogP) is 3.92. The van der Waals surface area contributed by atoms with E-state index in [1.165, 1.54) is 13.0 Å². The van der Waals surface area contributed by atoms with Crippen LogP contribution in [0.5, 0.6) is 11.5 Å². The van der Waals surface area contributed by atoms with E-state index in [0.717, 1.165) is 10.0 Å². The number of allylic oxidation sites excluding steroid dienone is 1. The number of aliphatic carboxylic acids is 1. The first-order chi connectivity index (χ1) is 11.4. The van der Waals surface area contributed by atoms with E-state index in [4.69, 9.17) is 14.6 Å². The van der Waals surface area contributed by atoms with E-state index in [0.29, 0.717) is 17.1 Å². The maximum Gasteiger partial charge on any atom is 0.344 e. The second kappa shape index (κ2) is 6.49. The van der Waals surface area contributed by atoms with Gasteiger partial charge in [-0.2, -0.15) is 0 Å². The molecule has 1 aliphatic heterocycles. The van der Waals surface area contributed by atoms with E-state index in [-0.39, 0.29) is 11.5 Å². The molecule has 0 bridgehead atoms. The molecule has 0 aliphatic carbocycles. The van der Waals surface area contributed by atoms with Crippen molar-refractivity contribution in [1.82, 2.24) is 0 Å². The average molecular weight is 389 g/mol. The number of ketones is 1. The summed E-state index contributed by atoms with van der Waals surface area (Å²) in [7, 11) is 0. The zero-order valence-corrected chi connectivity index (χ0v) is 14.2. The van der Waals surface area contributed by atoms with Crippen molar-refractivity contribution in [1.29, 1.82) is 0 Å². The molecule has 1 atom stereocenters. The number of rotatable bonds is 4. The van der Waals surface area contributed by atoms with Gasteiger partial charge in [-0.1, -0.05) is 28.1 Å². The summed E-state index contributed by atoms with van der Waals surface area (Å²) >= 11 is 3.38. The smallest absolute Gasteiger partial charge is 0.344 e. The van der Waals surface area contributed by atoms with Crippen molar-refractivity contribution in [2.45, 2.75) is 13.0 Å². The molecule has 0 aromatic heterocycles. The fourth-order valence-corrected chi connectivity index (χ4v) is 2.66. The molecular formula is C18H13BrO5. The number of hydrogen-bond acceptors (Lipinski definition) is 4. The highest BCUT2D eigenvalue weighted by atomic mass is 79.9. The quantitative estimate of drug-likeness (QED) is 0.803. The minimum atomic E-state index is -1.07. The molecule has 0 unspecified atom stereocenters. The van der Waals surface area contributed by atoms with Gasteiger partial charge in [-0.3, -0.25) is 4.79 Å². The predicted molar refractivity (Wildman–Crippen MR) is 91.2 cm³/mol. The largest absolute Gasteiger partial charge is 0.479 e. The summed E-state index contributed by atoms with van der Waals surface area (Å²) in [6.07, 6.45) is 0.671. The van der Waals surface area contributed by atoms with Gasteiger partial charge in [0.25, 0.3) is 0 Å². The van der Waals surface area contributed by atoms with Crippen molar-refractivity contribution in [3.8, 4) is 11.5 Å². The lowest BCUT2D eigenvalue weighted by molar-refractivity contribution is -0.144. The Balaban J connectivity index is 1.86. The first-order valence-corrected chi connectivity index (χ1v) is 7.96. The van der Waals surface area contributed by atoms with Crippen LogP contribution in [0.15, 0.2) is 52.7 Å². The van der Waals surface area contributed by atoms with E-state index in [2.05, 4.69) is 15.9 Å². The Morgan fingerprint density at radius 2 is 2.08 bits per heavy atom. The summed E-state index contributed by atoms with van der Waals surface area (Å²) in [5.74, 6) is -0.381. The molecule has 1 heterocycles. The molecule has 0 saturated heterocycles. The Morgan fingerprint density at radius 1 is 1.29 bits per heavy atom. The summed E-state index contributed by atoms with van der Waals surface area (Å²) in [6, 6.07) is 12.1. The van der Waals surface area contributed by atoms with Gasteiger partial charge in [-0.15, -0.1) is 0 Å². The van der Waals surface area contributed by atoms with Crippen molar-refractivity contribution in [3.63, 3.8) is 0 Å². The van der Waals surface area contributed by atoms with E-state index in [1.54, 1.807) is 18.2 Å². The van der Waals surface area contributed by atoms with Crippen molar-refractivity contribution < 1.29 is 24.2 Å². The molecule has 2 aromatic carbocycles. The molecular weight excluding hydrogens is 376 g/mol. The van der Waals surface area contributed by atoms with E-state index in [1.807, 2.05) is 24.3 Å². The van der Waals surface area contributed by atoms with Gasteiger partial charge in [-0.05, 0) is 42.8 Å². The Hall–Kier alpha value is -2.60. The molecule has 2 aromatic rings. The number of carboxylic acids is 1. The topological polar surface area (TPSA) is 72.8 Å².